The first-order valence-corrected chi connectivity index (χ1v) is 7.39. The lowest BCUT2D eigenvalue weighted by Gasteiger charge is -2.41. The maximum absolute atomic E-state index is 13.4. The maximum Gasteiger partial charge on any atom is 0.305 e. The number of hydrogen-bond acceptors (Lipinski definition) is 3. The molecule has 1 aliphatic rings. The average molecular weight is 297 g/mol. The van der Waals surface area contributed by atoms with Crippen LogP contribution in [0, 0.1) is 5.82 Å². The molecule has 1 aromatic carbocycles. The second kappa shape index (κ2) is 6.26. The fraction of sp³-hybridized carbons (Fsp3) is 0.429. The van der Waals surface area contributed by atoms with Gasteiger partial charge >= 0.3 is 5.97 Å². The van der Waals surface area contributed by atoms with Crippen LogP contribution in [0.5, 0.6) is 0 Å². The zero-order valence-electron chi connectivity index (χ0n) is 10.9. The third kappa shape index (κ3) is 3.72. The Morgan fingerprint density at radius 2 is 2.05 bits per heavy atom. The Morgan fingerprint density at radius 3 is 2.60 bits per heavy atom. The van der Waals surface area contributed by atoms with E-state index in [1.807, 2.05) is 0 Å². The Kier molecular flexibility index (Phi) is 4.65. The minimum atomic E-state index is -0.910. The number of rotatable bonds is 6. The fourth-order valence-electron chi connectivity index (χ4n) is 2.28. The molecule has 0 radical (unpaired) electrons. The van der Waals surface area contributed by atoms with Crippen molar-refractivity contribution in [1.82, 2.24) is 5.32 Å². The molecule has 0 atom stereocenters. The van der Waals surface area contributed by atoms with Crippen LogP contribution < -0.4 is 5.32 Å². The molecule has 4 nitrogen and oxygen atoms in total. The van der Waals surface area contributed by atoms with E-state index in [2.05, 4.69) is 5.32 Å². The molecular weight excluding hydrogens is 281 g/mol. The molecule has 0 spiro atoms. The van der Waals surface area contributed by atoms with E-state index in [-0.39, 0.29) is 23.9 Å². The van der Waals surface area contributed by atoms with Crippen LogP contribution in [0.25, 0.3) is 0 Å². The zero-order chi connectivity index (χ0) is 14.6. The highest BCUT2D eigenvalue weighted by Crippen LogP contribution is 2.35. The molecule has 0 saturated heterocycles. The van der Waals surface area contributed by atoms with Gasteiger partial charge in [-0.25, -0.2) is 4.39 Å². The minimum Gasteiger partial charge on any atom is -0.481 e. The molecular formula is C14H16FNO3S. The van der Waals surface area contributed by atoms with Crippen LogP contribution in [0.1, 0.15) is 25.7 Å². The van der Waals surface area contributed by atoms with Gasteiger partial charge in [0, 0.05) is 4.90 Å². The number of nitrogens with one attached hydrogen (secondary N) is 1. The summed E-state index contributed by atoms with van der Waals surface area (Å²) in [4.78, 5) is 23.1. The van der Waals surface area contributed by atoms with E-state index in [4.69, 9.17) is 5.11 Å². The van der Waals surface area contributed by atoms with Crippen molar-refractivity contribution < 1.29 is 19.1 Å². The van der Waals surface area contributed by atoms with Crippen molar-refractivity contribution in [2.45, 2.75) is 36.1 Å². The summed E-state index contributed by atoms with van der Waals surface area (Å²) < 4.78 is 13.4. The van der Waals surface area contributed by atoms with Gasteiger partial charge in [-0.05, 0) is 31.4 Å². The van der Waals surface area contributed by atoms with Crippen molar-refractivity contribution in [3.63, 3.8) is 0 Å². The van der Waals surface area contributed by atoms with Gasteiger partial charge in [0.15, 0.2) is 0 Å². The van der Waals surface area contributed by atoms with E-state index in [1.165, 1.54) is 6.07 Å². The summed E-state index contributed by atoms with van der Waals surface area (Å²) >= 11 is 1.11. The maximum atomic E-state index is 13.4. The summed E-state index contributed by atoms with van der Waals surface area (Å²) in [6, 6.07) is 6.26. The lowest BCUT2D eigenvalue weighted by atomic mass is 9.74. The van der Waals surface area contributed by atoms with E-state index in [0.717, 1.165) is 18.2 Å². The van der Waals surface area contributed by atoms with Gasteiger partial charge in [0.05, 0.1) is 17.7 Å². The number of amides is 1. The predicted octanol–water partition coefficient (Wildman–Crippen LogP) is 2.43. The second-order valence-corrected chi connectivity index (χ2v) is 5.99. The van der Waals surface area contributed by atoms with Crippen molar-refractivity contribution in [2.24, 2.45) is 0 Å². The number of thioether (sulfide) groups is 1. The highest BCUT2D eigenvalue weighted by molar-refractivity contribution is 8.00. The van der Waals surface area contributed by atoms with Crippen molar-refractivity contribution in [2.75, 3.05) is 5.75 Å². The Balaban J connectivity index is 1.86. The number of carboxylic acids is 1. The second-order valence-electron chi connectivity index (χ2n) is 4.97. The van der Waals surface area contributed by atoms with Crippen molar-refractivity contribution in [3.05, 3.63) is 30.1 Å². The Bertz CT molecular complexity index is 517. The first-order chi connectivity index (χ1) is 9.51. The van der Waals surface area contributed by atoms with Crippen LogP contribution in [0.3, 0.4) is 0 Å². The van der Waals surface area contributed by atoms with Crippen LogP contribution in [-0.4, -0.2) is 28.3 Å². The summed E-state index contributed by atoms with van der Waals surface area (Å²) in [6.45, 7) is 0. The SMILES string of the molecule is O=C(O)CC1(NC(=O)CSc2ccccc2F)CCC1. The highest BCUT2D eigenvalue weighted by Gasteiger charge is 2.40. The van der Waals surface area contributed by atoms with Crippen LogP contribution in [-0.2, 0) is 9.59 Å². The quantitative estimate of drug-likeness (QED) is 0.791. The van der Waals surface area contributed by atoms with E-state index in [1.54, 1.807) is 18.2 Å². The summed E-state index contributed by atoms with van der Waals surface area (Å²) in [5, 5.41) is 11.7. The smallest absolute Gasteiger partial charge is 0.305 e. The van der Waals surface area contributed by atoms with Crippen molar-refractivity contribution in [1.29, 1.82) is 0 Å². The minimum absolute atomic E-state index is 0.0525. The number of halogens is 1. The molecule has 6 heteroatoms. The number of carboxylic acid groups (broad SMARTS) is 1. The first-order valence-electron chi connectivity index (χ1n) is 6.41. The summed E-state index contributed by atoms with van der Waals surface area (Å²) in [5.74, 6) is -1.43. The largest absolute Gasteiger partial charge is 0.481 e. The molecule has 1 fully saturated rings. The zero-order valence-corrected chi connectivity index (χ0v) is 11.7. The van der Waals surface area contributed by atoms with Crippen LogP contribution in [0.4, 0.5) is 4.39 Å². The third-order valence-electron chi connectivity index (χ3n) is 3.40. The molecule has 108 valence electrons. The van der Waals surface area contributed by atoms with Gasteiger partial charge in [-0.1, -0.05) is 12.1 Å². The normalized spacial score (nSPS) is 16.2. The Hall–Kier alpha value is -1.56. The number of benzene rings is 1. The monoisotopic (exact) mass is 297 g/mol. The van der Waals surface area contributed by atoms with Gasteiger partial charge in [0.2, 0.25) is 5.91 Å². The van der Waals surface area contributed by atoms with Gasteiger partial charge in [-0.2, -0.15) is 0 Å². The van der Waals surface area contributed by atoms with E-state index >= 15 is 0 Å². The highest BCUT2D eigenvalue weighted by atomic mass is 32.2. The Morgan fingerprint density at radius 1 is 1.35 bits per heavy atom. The topological polar surface area (TPSA) is 66.4 Å². The van der Waals surface area contributed by atoms with Crippen molar-refractivity contribution in [3.8, 4) is 0 Å². The van der Waals surface area contributed by atoms with Gasteiger partial charge in [-0.3, -0.25) is 9.59 Å². The third-order valence-corrected chi connectivity index (χ3v) is 4.45. The van der Waals surface area contributed by atoms with Gasteiger partial charge in [0.1, 0.15) is 5.82 Å². The van der Waals surface area contributed by atoms with E-state index < -0.39 is 11.5 Å². The lowest BCUT2D eigenvalue weighted by Crippen LogP contribution is -2.55. The van der Waals surface area contributed by atoms with Crippen LogP contribution in [0.2, 0.25) is 0 Å². The lowest BCUT2D eigenvalue weighted by molar-refractivity contribution is -0.140. The Labute approximate surface area is 120 Å². The fourth-order valence-corrected chi connectivity index (χ4v) is 3.02. The molecule has 1 aromatic rings. The molecule has 0 heterocycles. The molecule has 2 N–H and O–H groups in total. The molecule has 1 saturated carbocycles. The first kappa shape index (κ1) is 14.8. The molecule has 0 aromatic heterocycles. The average Bonchev–Trinajstić information content (AvgIpc) is 2.34. The molecule has 2 rings (SSSR count). The van der Waals surface area contributed by atoms with Gasteiger partial charge in [0.25, 0.3) is 0 Å². The van der Waals surface area contributed by atoms with Crippen LogP contribution in [0.15, 0.2) is 29.2 Å². The molecule has 1 aliphatic carbocycles. The molecule has 0 unspecified atom stereocenters. The molecule has 0 aliphatic heterocycles. The number of carbonyl (C=O) groups is 2. The summed E-state index contributed by atoms with van der Waals surface area (Å²) in [6.07, 6.45) is 2.25. The van der Waals surface area contributed by atoms with E-state index in [9.17, 15) is 14.0 Å². The van der Waals surface area contributed by atoms with E-state index in [0.29, 0.717) is 17.7 Å². The van der Waals surface area contributed by atoms with Gasteiger partial charge < -0.3 is 10.4 Å². The summed E-state index contributed by atoms with van der Waals surface area (Å²) in [5.41, 5.74) is -0.599. The molecule has 20 heavy (non-hydrogen) atoms. The molecule has 0 bridgehead atoms. The number of aliphatic carboxylic acids is 1. The van der Waals surface area contributed by atoms with Crippen molar-refractivity contribution >= 4 is 23.6 Å². The predicted molar refractivity (Wildman–Crippen MR) is 74.1 cm³/mol. The number of hydrogen-bond donors (Lipinski definition) is 2. The van der Waals surface area contributed by atoms with Gasteiger partial charge in [-0.15, -0.1) is 11.8 Å². The van der Waals surface area contributed by atoms with Crippen LogP contribution >= 0.6 is 11.8 Å². The summed E-state index contributed by atoms with van der Waals surface area (Å²) in [7, 11) is 0. The molecule has 1 amide bonds. The standard InChI is InChI=1S/C14H16FNO3S/c15-10-4-1-2-5-11(10)20-9-12(17)16-14(6-3-7-14)8-13(18)19/h1-2,4-5H,3,6-9H2,(H,16,17)(H,18,19). The number of carbonyl (C=O) groups excluding carboxylic acids is 1.